The molecule has 1 saturated heterocycles. The molecule has 0 bridgehead atoms. The van der Waals surface area contributed by atoms with E-state index in [0.717, 1.165) is 16.8 Å². The molecular weight excluding hydrogens is 378 g/mol. The predicted octanol–water partition coefficient (Wildman–Crippen LogP) is 1.40. The van der Waals surface area contributed by atoms with E-state index in [2.05, 4.69) is 0 Å². The average molecular weight is 406 g/mol. The Morgan fingerprint density at radius 1 is 1.07 bits per heavy atom. The highest BCUT2D eigenvalue weighted by Gasteiger charge is 2.38. The van der Waals surface area contributed by atoms with Gasteiger partial charge < -0.3 is 9.80 Å². The normalized spacial score (nSPS) is 22.7. The Labute approximate surface area is 166 Å². The largest absolute Gasteiger partial charge is 0.340 e. The molecule has 28 heavy (non-hydrogen) atoms. The van der Waals surface area contributed by atoms with Crippen LogP contribution in [-0.2, 0) is 32.5 Å². The maximum Gasteiger partial charge on any atom is 0.243 e. The van der Waals surface area contributed by atoms with Gasteiger partial charge in [0.05, 0.1) is 10.6 Å². The van der Waals surface area contributed by atoms with E-state index in [0.29, 0.717) is 50.3 Å². The lowest BCUT2D eigenvalue weighted by Gasteiger charge is -2.35. The van der Waals surface area contributed by atoms with Crippen molar-refractivity contribution in [2.75, 3.05) is 31.1 Å². The Morgan fingerprint density at radius 3 is 2.36 bits per heavy atom. The Hall–Kier alpha value is -1.93. The number of amides is 2. The van der Waals surface area contributed by atoms with Crippen LogP contribution >= 0.6 is 0 Å². The molecule has 3 heterocycles. The molecule has 4 rings (SSSR count). The molecule has 3 aliphatic heterocycles. The predicted molar refractivity (Wildman–Crippen MR) is 106 cm³/mol. The van der Waals surface area contributed by atoms with Gasteiger partial charge in [-0.25, -0.2) is 8.42 Å². The highest BCUT2D eigenvalue weighted by atomic mass is 32.2. The van der Waals surface area contributed by atoms with E-state index in [9.17, 15) is 18.0 Å². The van der Waals surface area contributed by atoms with Crippen LogP contribution in [0.15, 0.2) is 17.0 Å². The highest BCUT2D eigenvalue weighted by molar-refractivity contribution is 7.89. The summed E-state index contributed by atoms with van der Waals surface area (Å²) in [4.78, 5) is 28.3. The van der Waals surface area contributed by atoms with Crippen LogP contribution in [0.2, 0.25) is 0 Å². The second kappa shape index (κ2) is 6.84. The van der Waals surface area contributed by atoms with Crippen molar-refractivity contribution in [3.63, 3.8) is 0 Å². The third-order valence-electron chi connectivity index (χ3n) is 6.00. The van der Waals surface area contributed by atoms with Crippen LogP contribution in [0.5, 0.6) is 0 Å². The average Bonchev–Trinajstić information content (AvgIpc) is 3.01. The van der Waals surface area contributed by atoms with E-state index in [1.165, 1.54) is 4.31 Å². The molecular formula is C20H27N3O4S. The minimum atomic E-state index is -3.62. The summed E-state index contributed by atoms with van der Waals surface area (Å²) in [7, 11) is -3.62. The number of hydrogen-bond donors (Lipinski definition) is 0. The fourth-order valence-corrected chi connectivity index (χ4v) is 6.08. The van der Waals surface area contributed by atoms with Gasteiger partial charge in [0.25, 0.3) is 0 Å². The van der Waals surface area contributed by atoms with Crippen LogP contribution < -0.4 is 4.90 Å². The van der Waals surface area contributed by atoms with Crippen LogP contribution in [0.25, 0.3) is 0 Å². The van der Waals surface area contributed by atoms with Crippen molar-refractivity contribution >= 4 is 27.5 Å². The molecule has 1 atom stereocenters. The van der Waals surface area contributed by atoms with Crippen LogP contribution in [-0.4, -0.2) is 61.7 Å². The molecule has 0 N–H and O–H groups in total. The fraction of sp³-hybridized carbons (Fsp3) is 0.600. The highest BCUT2D eigenvalue weighted by Crippen LogP contribution is 2.41. The summed E-state index contributed by atoms with van der Waals surface area (Å²) in [5.74, 6) is 0.110. The Bertz CT molecular complexity index is 933. The lowest BCUT2D eigenvalue weighted by molar-refractivity contribution is -0.135. The molecule has 2 amide bonds. The molecule has 0 aromatic heterocycles. The van der Waals surface area contributed by atoms with Gasteiger partial charge in [0.2, 0.25) is 21.8 Å². The number of anilines is 1. The molecule has 0 saturated carbocycles. The van der Waals surface area contributed by atoms with Gasteiger partial charge in [-0.1, -0.05) is 13.8 Å². The third kappa shape index (κ3) is 3.03. The summed E-state index contributed by atoms with van der Waals surface area (Å²) in [6.07, 6.45) is 1.70. The minimum absolute atomic E-state index is 0.0674. The molecule has 152 valence electrons. The van der Waals surface area contributed by atoms with Gasteiger partial charge in [-0.05, 0) is 43.0 Å². The SMILES string of the molecule is CC(C)C(=O)N1CCN(S(=O)(=O)c2cc3c4c(c2)C[C@@H](C)N4C(=O)CC3)CC1. The molecule has 3 aliphatic rings. The quantitative estimate of drug-likeness (QED) is 0.762. The van der Waals surface area contributed by atoms with Crippen molar-refractivity contribution in [3.8, 4) is 0 Å². The summed E-state index contributed by atoms with van der Waals surface area (Å²) < 4.78 is 28.0. The van der Waals surface area contributed by atoms with Crippen molar-refractivity contribution in [1.82, 2.24) is 9.21 Å². The molecule has 1 aromatic carbocycles. The standard InChI is InChI=1S/C20H27N3O4S/c1-13(2)20(25)21-6-8-22(9-7-21)28(26,27)17-11-15-4-5-18(24)23-14(3)10-16(12-17)19(15)23/h11-14H,4-10H2,1-3H3/t14-/m1/s1. The van der Waals surface area contributed by atoms with Crippen molar-refractivity contribution in [2.45, 2.75) is 51.0 Å². The number of piperazine rings is 1. The topological polar surface area (TPSA) is 78.0 Å². The molecule has 1 aromatic rings. The smallest absolute Gasteiger partial charge is 0.243 e. The molecule has 0 unspecified atom stereocenters. The van der Waals surface area contributed by atoms with Gasteiger partial charge in [0, 0.05) is 44.6 Å². The summed E-state index contributed by atoms with van der Waals surface area (Å²) in [5, 5.41) is 0. The molecule has 0 radical (unpaired) electrons. The Morgan fingerprint density at radius 2 is 1.71 bits per heavy atom. The first-order chi connectivity index (χ1) is 13.2. The maximum absolute atomic E-state index is 13.3. The molecule has 0 spiro atoms. The van der Waals surface area contributed by atoms with Gasteiger partial charge in [0.1, 0.15) is 0 Å². The van der Waals surface area contributed by atoms with E-state index in [4.69, 9.17) is 0 Å². The van der Waals surface area contributed by atoms with Crippen molar-refractivity contribution in [2.24, 2.45) is 5.92 Å². The summed E-state index contributed by atoms with van der Waals surface area (Å²) in [6, 6.07) is 3.57. The Kier molecular flexibility index (Phi) is 4.74. The lowest BCUT2D eigenvalue weighted by atomic mass is 10.00. The lowest BCUT2D eigenvalue weighted by Crippen LogP contribution is -2.51. The minimum Gasteiger partial charge on any atom is -0.340 e. The monoisotopic (exact) mass is 405 g/mol. The summed E-state index contributed by atoms with van der Waals surface area (Å²) in [5.41, 5.74) is 2.83. The number of rotatable bonds is 3. The van der Waals surface area contributed by atoms with Crippen LogP contribution in [0.3, 0.4) is 0 Å². The van der Waals surface area contributed by atoms with Gasteiger partial charge in [-0.3, -0.25) is 9.59 Å². The number of aryl methyl sites for hydroxylation is 1. The van der Waals surface area contributed by atoms with Gasteiger partial charge in [0.15, 0.2) is 0 Å². The molecule has 1 fully saturated rings. The van der Waals surface area contributed by atoms with Crippen molar-refractivity contribution in [1.29, 1.82) is 0 Å². The van der Waals surface area contributed by atoms with Gasteiger partial charge >= 0.3 is 0 Å². The second-order valence-corrected chi connectivity index (χ2v) is 10.2. The number of benzene rings is 1. The summed E-state index contributed by atoms with van der Waals surface area (Å²) in [6.45, 7) is 7.20. The maximum atomic E-state index is 13.3. The number of nitrogens with zero attached hydrogens (tertiary/aromatic N) is 3. The first-order valence-electron chi connectivity index (χ1n) is 9.97. The van der Waals surface area contributed by atoms with E-state index in [1.54, 1.807) is 17.0 Å². The first-order valence-corrected chi connectivity index (χ1v) is 11.4. The van der Waals surface area contributed by atoms with E-state index >= 15 is 0 Å². The molecule has 0 aliphatic carbocycles. The zero-order valence-corrected chi connectivity index (χ0v) is 17.5. The zero-order chi connectivity index (χ0) is 20.2. The summed E-state index contributed by atoms with van der Waals surface area (Å²) >= 11 is 0. The second-order valence-electron chi connectivity index (χ2n) is 8.29. The van der Waals surface area contributed by atoms with E-state index < -0.39 is 10.0 Å². The van der Waals surface area contributed by atoms with Crippen molar-refractivity contribution in [3.05, 3.63) is 23.3 Å². The first kappa shape index (κ1) is 19.4. The zero-order valence-electron chi connectivity index (χ0n) is 16.6. The van der Waals surface area contributed by atoms with Crippen molar-refractivity contribution < 1.29 is 18.0 Å². The fourth-order valence-electron chi connectivity index (χ4n) is 4.56. The number of carbonyl (C=O) groups is 2. The number of carbonyl (C=O) groups excluding carboxylic acids is 2. The number of sulfonamides is 1. The molecule has 7 nitrogen and oxygen atoms in total. The van der Waals surface area contributed by atoms with Gasteiger partial charge in [-0.2, -0.15) is 4.31 Å². The number of hydrogen-bond acceptors (Lipinski definition) is 4. The van der Waals surface area contributed by atoms with Crippen LogP contribution in [0.1, 0.15) is 38.3 Å². The van der Waals surface area contributed by atoms with E-state index in [-0.39, 0.29) is 23.8 Å². The molecule has 8 heteroatoms. The van der Waals surface area contributed by atoms with E-state index in [1.807, 2.05) is 25.7 Å². The van der Waals surface area contributed by atoms with Crippen LogP contribution in [0.4, 0.5) is 5.69 Å². The third-order valence-corrected chi connectivity index (χ3v) is 7.87. The van der Waals surface area contributed by atoms with Crippen LogP contribution in [0, 0.1) is 5.92 Å². The van der Waals surface area contributed by atoms with Gasteiger partial charge in [-0.15, -0.1) is 0 Å². The Balaban J connectivity index is 1.60.